The summed E-state index contributed by atoms with van der Waals surface area (Å²) in [5.74, 6) is 0.774. The number of likely N-dealkylation sites (tertiary alicyclic amines) is 1. The third-order valence-corrected chi connectivity index (χ3v) is 5.94. The Bertz CT molecular complexity index is 695. The summed E-state index contributed by atoms with van der Waals surface area (Å²) in [6, 6.07) is 7.26. The van der Waals surface area contributed by atoms with E-state index in [1.807, 2.05) is 0 Å². The summed E-state index contributed by atoms with van der Waals surface area (Å²) < 4.78 is 5.70. The summed E-state index contributed by atoms with van der Waals surface area (Å²) >= 11 is 0. The van der Waals surface area contributed by atoms with Crippen LogP contribution in [0, 0.1) is 10.1 Å². The molecular weight excluding hydrogens is 509 g/mol. The molecule has 2 heterocycles. The number of nitro benzene ring substituents is 1. The van der Waals surface area contributed by atoms with Gasteiger partial charge in [0, 0.05) is 44.4 Å². The minimum absolute atomic E-state index is 0. The van der Waals surface area contributed by atoms with Crippen molar-refractivity contribution in [2.24, 2.45) is 4.99 Å². The van der Waals surface area contributed by atoms with E-state index in [1.54, 1.807) is 12.1 Å². The van der Waals surface area contributed by atoms with Crippen LogP contribution in [0.25, 0.3) is 0 Å². The van der Waals surface area contributed by atoms with Crippen LogP contribution in [-0.4, -0.2) is 60.7 Å². The number of nitro groups is 1. The van der Waals surface area contributed by atoms with Gasteiger partial charge in [0.2, 0.25) is 0 Å². The van der Waals surface area contributed by atoms with Gasteiger partial charge in [0.1, 0.15) is 0 Å². The molecule has 2 fully saturated rings. The van der Waals surface area contributed by atoms with E-state index in [0.29, 0.717) is 12.6 Å². The van der Waals surface area contributed by atoms with Gasteiger partial charge < -0.3 is 20.3 Å². The fraction of sp³-hybridized carbons (Fsp3) is 0.682. The lowest BCUT2D eigenvalue weighted by Crippen LogP contribution is -2.43. The van der Waals surface area contributed by atoms with Gasteiger partial charge in [-0.05, 0) is 51.1 Å². The highest BCUT2D eigenvalue weighted by molar-refractivity contribution is 14.0. The molecule has 3 rings (SSSR count). The van der Waals surface area contributed by atoms with Gasteiger partial charge in [-0.3, -0.25) is 10.1 Å². The van der Waals surface area contributed by atoms with Crippen molar-refractivity contribution in [1.82, 2.24) is 15.5 Å². The molecule has 2 atom stereocenters. The molecule has 2 aliphatic rings. The van der Waals surface area contributed by atoms with Crippen LogP contribution in [0.2, 0.25) is 0 Å². The number of aliphatic imine (C=N–C) groups is 1. The molecule has 8 nitrogen and oxygen atoms in total. The molecule has 2 N–H and O–H groups in total. The highest BCUT2D eigenvalue weighted by Gasteiger charge is 2.18. The lowest BCUT2D eigenvalue weighted by atomic mass is 10.0. The Balaban J connectivity index is 0.00000341. The van der Waals surface area contributed by atoms with Crippen molar-refractivity contribution in [2.75, 3.05) is 32.8 Å². The standard InChI is InChI=1S/C22H35N5O3.HI/c1-18-6-2-3-13-26(18)14-5-12-23-22(25-17-21-7-4-15-30-21)24-16-19-8-10-20(11-9-19)27(28)29;/h8-11,18,21H,2-7,12-17H2,1H3,(H2,23,24,25);1H. The van der Waals surface area contributed by atoms with Crippen LogP contribution in [0.15, 0.2) is 29.3 Å². The molecule has 2 saturated heterocycles. The SMILES string of the molecule is CC1CCCCN1CCCNC(=NCc1ccc([N+](=O)[O-])cc1)NCC1CCCO1.I. The van der Waals surface area contributed by atoms with Crippen molar-refractivity contribution in [1.29, 1.82) is 0 Å². The molecule has 0 aromatic heterocycles. The molecular formula is C22H36IN5O3. The van der Waals surface area contributed by atoms with Crippen LogP contribution in [0.3, 0.4) is 0 Å². The summed E-state index contributed by atoms with van der Waals surface area (Å²) in [6.45, 7) is 7.56. The first-order valence-corrected chi connectivity index (χ1v) is 11.2. The Kier molecular flexibility index (Phi) is 11.5. The van der Waals surface area contributed by atoms with Crippen molar-refractivity contribution in [2.45, 2.75) is 64.1 Å². The number of non-ortho nitro benzene ring substituents is 1. The number of halogens is 1. The lowest BCUT2D eigenvalue weighted by Gasteiger charge is -2.33. The molecule has 1 aromatic rings. The molecule has 0 spiro atoms. The van der Waals surface area contributed by atoms with Gasteiger partial charge in [0.05, 0.1) is 17.6 Å². The van der Waals surface area contributed by atoms with Crippen molar-refractivity contribution in [3.63, 3.8) is 0 Å². The maximum Gasteiger partial charge on any atom is 0.269 e. The second-order valence-electron chi connectivity index (χ2n) is 8.27. The van der Waals surface area contributed by atoms with E-state index in [9.17, 15) is 10.1 Å². The number of benzene rings is 1. The van der Waals surface area contributed by atoms with E-state index in [0.717, 1.165) is 57.0 Å². The first kappa shape index (κ1) is 25.8. The summed E-state index contributed by atoms with van der Waals surface area (Å²) in [5.41, 5.74) is 1.05. The van der Waals surface area contributed by atoms with E-state index >= 15 is 0 Å². The van der Waals surface area contributed by atoms with E-state index in [4.69, 9.17) is 4.74 Å². The number of nitrogens with one attached hydrogen (secondary N) is 2. The predicted octanol–water partition coefficient (Wildman–Crippen LogP) is 3.69. The molecule has 2 unspecified atom stereocenters. The summed E-state index contributed by atoms with van der Waals surface area (Å²) in [4.78, 5) is 17.7. The molecule has 2 aliphatic heterocycles. The van der Waals surface area contributed by atoms with Crippen LogP contribution >= 0.6 is 24.0 Å². The van der Waals surface area contributed by atoms with E-state index in [2.05, 4.69) is 27.4 Å². The first-order valence-electron chi connectivity index (χ1n) is 11.2. The van der Waals surface area contributed by atoms with Gasteiger partial charge in [-0.15, -0.1) is 24.0 Å². The Morgan fingerprint density at radius 2 is 2.03 bits per heavy atom. The number of ether oxygens (including phenoxy) is 1. The quantitative estimate of drug-likeness (QED) is 0.123. The molecule has 9 heteroatoms. The number of guanidine groups is 1. The lowest BCUT2D eigenvalue weighted by molar-refractivity contribution is -0.384. The zero-order valence-electron chi connectivity index (χ0n) is 18.4. The maximum absolute atomic E-state index is 10.8. The molecule has 0 radical (unpaired) electrons. The first-order chi connectivity index (χ1) is 14.6. The van der Waals surface area contributed by atoms with Crippen molar-refractivity contribution in [3.05, 3.63) is 39.9 Å². The number of rotatable bonds is 9. The number of nitrogens with zero attached hydrogens (tertiary/aromatic N) is 3. The molecule has 0 saturated carbocycles. The van der Waals surface area contributed by atoms with Crippen LogP contribution in [0.1, 0.15) is 51.0 Å². The van der Waals surface area contributed by atoms with Gasteiger partial charge in [0.25, 0.3) is 5.69 Å². The van der Waals surface area contributed by atoms with Gasteiger partial charge in [-0.1, -0.05) is 18.6 Å². The summed E-state index contributed by atoms with van der Waals surface area (Å²) in [6.07, 6.45) is 7.47. The second-order valence-corrected chi connectivity index (χ2v) is 8.27. The monoisotopic (exact) mass is 545 g/mol. The van der Waals surface area contributed by atoms with E-state index in [-0.39, 0.29) is 40.7 Å². The zero-order valence-corrected chi connectivity index (χ0v) is 20.8. The maximum atomic E-state index is 10.8. The van der Waals surface area contributed by atoms with Crippen LogP contribution in [0.5, 0.6) is 0 Å². The fourth-order valence-electron chi connectivity index (χ4n) is 4.06. The Hall–Kier alpha value is -1.46. The van der Waals surface area contributed by atoms with Crippen molar-refractivity contribution >= 4 is 35.6 Å². The molecule has 1 aromatic carbocycles. The largest absolute Gasteiger partial charge is 0.376 e. The second kappa shape index (κ2) is 13.8. The van der Waals surface area contributed by atoms with Gasteiger partial charge in [-0.2, -0.15) is 0 Å². The normalized spacial score (nSPS) is 22.0. The van der Waals surface area contributed by atoms with E-state index in [1.165, 1.54) is 37.9 Å². The smallest absolute Gasteiger partial charge is 0.269 e. The average molecular weight is 545 g/mol. The third kappa shape index (κ3) is 8.89. The third-order valence-electron chi connectivity index (χ3n) is 5.94. The zero-order chi connectivity index (χ0) is 21.2. The van der Waals surface area contributed by atoms with Crippen LogP contribution in [0.4, 0.5) is 5.69 Å². The highest BCUT2D eigenvalue weighted by Crippen LogP contribution is 2.16. The van der Waals surface area contributed by atoms with Gasteiger partial charge in [-0.25, -0.2) is 4.99 Å². The molecule has 0 aliphatic carbocycles. The molecule has 31 heavy (non-hydrogen) atoms. The number of hydrogen-bond acceptors (Lipinski definition) is 5. The van der Waals surface area contributed by atoms with Crippen LogP contribution < -0.4 is 10.6 Å². The number of piperidine rings is 1. The van der Waals surface area contributed by atoms with E-state index < -0.39 is 0 Å². The van der Waals surface area contributed by atoms with Crippen molar-refractivity contribution in [3.8, 4) is 0 Å². The van der Waals surface area contributed by atoms with Crippen LogP contribution in [-0.2, 0) is 11.3 Å². The molecule has 0 bridgehead atoms. The van der Waals surface area contributed by atoms with Gasteiger partial charge >= 0.3 is 0 Å². The molecule has 174 valence electrons. The Morgan fingerprint density at radius 1 is 1.23 bits per heavy atom. The predicted molar refractivity (Wildman–Crippen MR) is 134 cm³/mol. The minimum Gasteiger partial charge on any atom is -0.376 e. The Morgan fingerprint density at radius 3 is 2.71 bits per heavy atom. The fourth-order valence-corrected chi connectivity index (χ4v) is 4.06. The summed E-state index contributed by atoms with van der Waals surface area (Å²) in [7, 11) is 0. The topological polar surface area (TPSA) is 92.0 Å². The highest BCUT2D eigenvalue weighted by atomic mass is 127. The molecule has 0 amide bonds. The summed E-state index contributed by atoms with van der Waals surface area (Å²) in [5, 5.41) is 17.7. The number of hydrogen-bond donors (Lipinski definition) is 2. The van der Waals surface area contributed by atoms with Crippen molar-refractivity contribution < 1.29 is 9.66 Å². The Labute approximate surface area is 202 Å². The van der Waals surface area contributed by atoms with Gasteiger partial charge in [0.15, 0.2) is 5.96 Å². The average Bonchev–Trinajstić information content (AvgIpc) is 3.27. The minimum atomic E-state index is -0.383.